The molecule has 3 N–H and O–H groups in total. The highest BCUT2D eigenvalue weighted by atomic mass is 16.2. The Balaban J connectivity index is 1.57. The molecule has 1 aliphatic heterocycles. The molecular weight excluding hydrogens is 334 g/mol. The van der Waals surface area contributed by atoms with Crippen LogP contribution in [0.4, 0.5) is 11.8 Å². The Morgan fingerprint density at radius 3 is 2.65 bits per heavy atom. The summed E-state index contributed by atoms with van der Waals surface area (Å²) in [5.74, 6) is 1.68. The molecule has 0 aliphatic carbocycles. The fourth-order valence-corrected chi connectivity index (χ4v) is 3.03. The molecule has 1 aliphatic rings. The zero-order valence-electron chi connectivity index (χ0n) is 15.4. The van der Waals surface area contributed by atoms with Crippen molar-refractivity contribution in [1.82, 2.24) is 25.3 Å². The van der Waals surface area contributed by atoms with Gasteiger partial charge in [0.1, 0.15) is 5.82 Å². The van der Waals surface area contributed by atoms with Crippen molar-refractivity contribution < 1.29 is 0 Å². The fourth-order valence-electron chi connectivity index (χ4n) is 3.03. The molecule has 0 amide bonds. The summed E-state index contributed by atoms with van der Waals surface area (Å²) in [6.07, 6.45) is 3.39. The van der Waals surface area contributed by atoms with Crippen LogP contribution in [0.2, 0.25) is 0 Å². The number of piperidine rings is 1. The molecule has 3 heterocycles. The number of hydrogen-bond acceptors (Lipinski definition) is 7. The molecule has 2 aromatic heterocycles. The molecule has 9 heteroatoms. The summed E-state index contributed by atoms with van der Waals surface area (Å²) in [7, 11) is 3.88. The van der Waals surface area contributed by atoms with E-state index >= 15 is 0 Å². The Morgan fingerprint density at radius 2 is 2.00 bits per heavy atom. The smallest absolute Gasteiger partial charge is 0.325 e. The number of nitrogens with one attached hydrogen (secondary N) is 3. The summed E-state index contributed by atoms with van der Waals surface area (Å²) < 4.78 is 0. The van der Waals surface area contributed by atoms with Gasteiger partial charge < -0.3 is 20.1 Å². The average Bonchev–Trinajstić information content (AvgIpc) is 2.61. The third-order valence-electron chi connectivity index (χ3n) is 4.53. The lowest BCUT2D eigenvalue weighted by Crippen LogP contribution is -2.43. The molecule has 2 aromatic rings. The van der Waals surface area contributed by atoms with Crippen molar-refractivity contribution in [3.8, 4) is 0 Å². The second-order valence-corrected chi connectivity index (χ2v) is 6.80. The Labute approximate surface area is 151 Å². The topological polar surface area (TPSA) is 110 Å². The number of aryl methyl sites for hydroxylation is 1. The monoisotopic (exact) mass is 359 g/mol. The summed E-state index contributed by atoms with van der Waals surface area (Å²) >= 11 is 0. The van der Waals surface area contributed by atoms with E-state index in [-0.39, 0.29) is 5.56 Å². The summed E-state index contributed by atoms with van der Waals surface area (Å²) in [6.45, 7) is 4.20. The molecular formula is C17H25N7O2. The van der Waals surface area contributed by atoms with E-state index in [1.165, 1.54) is 6.20 Å². The SMILES string of the molecule is Cc1cc(N2CCC(NCc3c[nH]c(=O)[nH]c3=O)CC2)nc(N(C)C)n1. The predicted molar refractivity (Wildman–Crippen MR) is 101 cm³/mol. The summed E-state index contributed by atoms with van der Waals surface area (Å²) in [6, 6.07) is 2.34. The summed E-state index contributed by atoms with van der Waals surface area (Å²) in [5, 5.41) is 3.40. The Bertz CT molecular complexity index is 866. The lowest BCUT2D eigenvalue weighted by atomic mass is 10.0. The van der Waals surface area contributed by atoms with E-state index in [0.717, 1.165) is 43.4 Å². The van der Waals surface area contributed by atoms with E-state index in [2.05, 4.69) is 30.2 Å². The molecule has 0 unspecified atom stereocenters. The Kier molecular flexibility index (Phi) is 5.36. The number of nitrogens with zero attached hydrogens (tertiary/aromatic N) is 4. The van der Waals surface area contributed by atoms with Crippen LogP contribution >= 0.6 is 0 Å². The highest BCUT2D eigenvalue weighted by Crippen LogP contribution is 2.21. The fraction of sp³-hybridized carbons (Fsp3) is 0.529. The Hall–Kier alpha value is -2.68. The minimum Gasteiger partial charge on any atom is -0.356 e. The standard InChI is InChI=1S/C17H25N7O2/c1-11-8-14(21-16(20-11)23(2)3)24-6-4-13(5-7-24)18-9-12-10-19-17(26)22-15(12)25/h8,10,13,18H,4-7,9H2,1-3H3,(H2,19,22,25,26). The van der Waals surface area contributed by atoms with Crippen LogP contribution in [-0.2, 0) is 6.54 Å². The first-order valence-electron chi connectivity index (χ1n) is 8.74. The number of anilines is 2. The minimum absolute atomic E-state index is 0.328. The van der Waals surface area contributed by atoms with Gasteiger partial charge in [0.15, 0.2) is 0 Å². The predicted octanol–water partition coefficient (Wildman–Crippen LogP) is -0.0138. The van der Waals surface area contributed by atoms with Crippen LogP contribution in [-0.4, -0.2) is 53.2 Å². The van der Waals surface area contributed by atoms with E-state index < -0.39 is 5.69 Å². The minimum atomic E-state index is -0.482. The third kappa shape index (κ3) is 4.29. The second-order valence-electron chi connectivity index (χ2n) is 6.80. The highest BCUT2D eigenvalue weighted by Gasteiger charge is 2.21. The van der Waals surface area contributed by atoms with Gasteiger partial charge >= 0.3 is 5.69 Å². The van der Waals surface area contributed by atoms with E-state index in [4.69, 9.17) is 0 Å². The van der Waals surface area contributed by atoms with Gasteiger partial charge in [0.25, 0.3) is 5.56 Å². The number of H-pyrrole nitrogens is 2. The molecule has 0 bridgehead atoms. The highest BCUT2D eigenvalue weighted by molar-refractivity contribution is 5.45. The average molecular weight is 359 g/mol. The van der Waals surface area contributed by atoms with Crippen LogP contribution in [0.5, 0.6) is 0 Å². The quantitative estimate of drug-likeness (QED) is 0.688. The van der Waals surface area contributed by atoms with Crippen LogP contribution in [0, 0.1) is 6.92 Å². The zero-order chi connectivity index (χ0) is 18.7. The maximum Gasteiger partial charge on any atom is 0.325 e. The van der Waals surface area contributed by atoms with E-state index in [1.54, 1.807) is 0 Å². The van der Waals surface area contributed by atoms with Gasteiger partial charge in [-0.25, -0.2) is 9.78 Å². The first-order valence-corrected chi connectivity index (χ1v) is 8.74. The lowest BCUT2D eigenvalue weighted by Gasteiger charge is -2.33. The molecule has 0 atom stereocenters. The number of aromatic amines is 2. The van der Waals surface area contributed by atoms with Crippen molar-refractivity contribution in [3.05, 3.63) is 44.4 Å². The number of aromatic nitrogens is 4. The van der Waals surface area contributed by atoms with Crippen LogP contribution in [0.25, 0.3) is 0 Å². The van der Waals surface area contributed by atoms with E-state index in [0.29, 0.717) is 18.2 Å². The molecule has 26 heavy (non-hydrogen) atoms. The van der Waals surface area contributed by atoms with Crippen LogP contribution < -0.4 is 26.4 Å². The van der Waals surface area contributed by atoms with Crippen molar-refractivity contribution in [1.29, 1.82) is 0 Å². The molecule has 140 valence electrons. The van der Waals surface area contributed by atoms with Crippen LogP contribution in [0.1, 0.15) is 24.1 Å². The van der Waals surface area contributed by atoms with Gasteiger partial charge in [-0.15, -0.1) is 0 Å². The first kappa shape index (κ1) is 18.1. The van der Waals surface area contributed by atoms with Crippen LogP contribution in [0.15, 0.2) is 21.9 Å². The molecule has 0 radical (unpaired) electrons. The maximum atomic E-state index is 11.7. The van der Waals surface area contributed by atoms with Crippen molar-refractivity contribution in [2.75, 3.05) is 37.0 Å². The lowest BCUT2D eigenvalue weighted by molar-refractivity contribution is 0.411. The van der Waals surface area contributed by atoms with Crippen molar-refractivity contribution >= 4 is 11.8 Å². The molecule has 1 saturated heterocycles. The van der Waals surface area contributed by atoms with Crippen molar-refractivity contribution in [2.45, 2.75) is 32.4 Å². The van der Waals surface area contributed by atoms with Crippen molar-refractivity contribution in [3.63, 3.8) is 0 Å². The zero-order valence-corrected chi connectivity index (χ0v) is 15.4. The molecule has 1 fully saturated rings. The normalized spacial score (nSPS) is 15.3. The van der Waals surface area contributed by atoms with Gasteiger partial charge in [-0.1, -0.05) is 0 Å². The van der Waals surface area contributed by atoms with Gasteiger partial charge in [-0.05, 0) is 19.8 Å². The third-order valence-corrected chi connectivity index (χ3v) is 4.53. The molecule has 9 nitrogen and oxygen atoms in total. The summed E-state index contributed by atoms with van der Waals surface area (Å²) in [5.41, 5.74) is 0.668. The molecule has 0 aromatic carbocycles. The first-order chi connectivity index (χ1) is 12.4. The largest absolute Gasteiger partial charge is 0.356 e. The van der Waals surface area contributed by atoms with E-state index in [9.17, 15) is 9.59 Å². The van der Waals surface area contributed by atoms with Crippen molar-refractivity contribution in [2.24, 2.45) is 0 Å². The van der Waals surface area contributed by atoms with Gasteiger partial charge in [0.05, 0.1) is 0 Å². The number of rotatable bonds is 5. The van der Waals surface area contributed by atoms with Gasteiger partial charge in [0.2, 0.25) is 5.95 Å². The molecule has 0 spiro atoms. The molecule has 0 saturated carbocycles. The molecule has 3 rings (SSSR count). The summed E-state index contributed by atoms with van der Waals surface area (Å²) in [4.78, 5) is 40.8. The Morgan fingerprint density at radius 1 is 1.27 bits per heavy atom. The van der Waals surface area contributed by atoms with Gasteiger partial charge in [-0.2, -0.15) is 4.98 Å². The maximum absolute atomic E-state index is 11.7. The van der Waals surface area contributed by atoms with E-state index in [1.807, 2.05) is 32.0 Å². The number of hydrogen-bond donors (Lipinski definition) is 3. The van der Waals surface area contributed by atoms with Gasteiger partial charge in [0, 0.05) is 63.3 Å². The second kappa shape index (κ2) is 7.69. The van der Waals surface area contributed by atoms with Gasteiger partial charge in [-0.3, -0.25) is 9.78 Å². The van der Waals surface area contributed by atoms with Crippen LogP contribution in [0.3, 0.4) is 0 Å².